The van der Waals surface area contributed by atoms with E-state index in [9.17, 15) is 9.59 Å². The largest absolute Gasteiger partial charge is 0.491 e. The van der Waals surface area contributed by atoms with E-state index in [1.165, 1.54) is 24.6 Å². The van der Waals surface area contributed by atoms with Gasteiger partial charge in [0.25, 0.3) is 0 Å². The fraction of sp³-hybridized carbons (Fsp3) is 0.231. The highest BCUT2D eigenvalue weighted by Gasteiger charge is 2.15. The Morgan fingerprint density at radius 1 is 0.686 bits per heavy atom. The maximum absolute atomic E-state index is 12.2. The fourth-order valence-electron chi connectivity index (χ4n) is 2.83. The molecule has 0 aliphatic carbocycles. The summed E-state index contributed by atoms with van der Waals surface area (Å²) in [6.45, 7) is 7.80. The first-order valence-corrected chi connectivity index (χ1v) is 11.1. The lowest BCUT2D eigenvalue weighted by Crippen LogP contribution is -2.18. The molecule has 3 aromatic rings. The van der Waals surface area contributed by atoms with E-state index in [-0.39, 0.29) is 23.7 Å². The minimum Gasteiger partial charge on any atom is -0.491 e. The predicted octanol–water partition coefficient (Wildman–Crippen LogP) is 4.38. The number of carbonyl (C=O) groups is 2. The third kappa shape index (κ3) is 8.15. The minimum absolute atomic E-state index is 0.0577. The summed E-state index contributed by atoms with van der Waals surface area (Å²) < 4.78 is 16.5. The van der Waals surface area contributed by atoms with Crippen molar-refractivity contribution in [3.63, 3.8) is 0 Å². The molecule has 1 heterocycles. The minimum atomic E-state index is -0.590. The number of hydrazone groups is 2. The molecule has 0 aliphatic rings. The van der Waals surface area contributed by atoms with E-state index < -0.39 is 11.8 Å². The number of nitrogens with zero attached hydrogens (tertiary/aromatic N) is 2. The van der Waals surface area contributed by atoms with E-state index in [2.05, 4.69) is 21.1 Å². The summed E-state index contributed by atoms with van der Waals surface area (Å²) in [6.07, 6.45) is 3.15. The molecule has 35 heavy (non-hydrogen) atoms. The van der Waals surface area contributed by atoms with Crippen LogP contribution in [0.2, 0.25) is 0 Å². The highest BCUT2D eigenvalue weighted by atomic mass is 16.5. The van der Waals surface area contributed by atoms with Crippen molar-refractivity contribution < 1.29 is 23.5 Å². The van der Waals surface area contributed by atoms with Crippen LogP contribution in [0.15, 0.2) is 75.3 Å². The van der Waals surface area contributed by atoms with Gasteiger partial charge in [0.15, 0.2) is 11.5 Å². The number of carbonyl (C=O) groups excluding carboxylic acids is 2. The van der Waals surface area contributed by atoms with Crippen LogP contribution < -0.4 is 20.3 Å². The second kappa shape index (κ2) is 12.2. The summed E-state index contributed by atoms with van der Waals surface area (Å²) in [4.78, 5) is 24.5. The lowest BCUT2D eigenvalue weighted by molar-refractivity contribution is 0.0902. The maximum Gasteiger partial charge on any atom is 0.307 e. The van der Waals surface area contributed by atoms with Crippen LogP contribution in [-0.2, 0) is 0 Å². The second-order valence-electron chi connectivity index (χ2n) is 8.03. The third-order valence-corrected chi connectivity index (χ3v) is 4.32. The molecule has 0 radical (unpaired) electrons. The Kier molecular flexibility index (Phi) is 8.77. The van der Waals surface area contributed by atoms with Crippen LogP contribution in [-0.4, -0.2) is 36.5 Å². The standard InChI is InChI=1S/C26H28N4O5/c1-17(2)33-21-9-5-19(6-10-21)15-27-29-25(31)23-13-14-24(35-23)26(32)30-28-16-20-7-11-22(12-8-20)34-18(3)4/h5-18H,1-4H3,(H,29,31)(H,30,32)/b27-15-,28-16-. The SMILES string of the molecule is CC(C)Oc1ccc(/C=N\NC(=O)c2ccc(C(=O)N/N=C\c3ccc(OC(C)C)cc3)o2)cc1. The molecule has 0 fully saturated rings. The molecule has 2 aromatic carbocycles. The van der Waals surface area contributed by atoms with Gasteiger partial charge in [-0.3, -0.25) is 9.59 Å². The molecule has 0 unspecified atom stereocenters. The summed E-state index contributed by atoms with van der Waals surface area (Å²) in [5, 5.41) is 7.82. The topological polar surface area (TPSA) is 115 Å². The normalized spacial score (nSPS) is 11.4. The molecule has 0 saturated heterocycles. The van der Waals surface area contributed by atoms with Crippen LogP contribution in [0.1, 0.15) is 59.9 Å². The maximum atomic E-state index is 12.2. The van der Waals surface area contributed by atoms with Gasteiger partial charge in [-0.25, -0.2) is 10.9 Å². The lowest BCUT2D eigenvalue weighted by Gasteiger charge is -2.09. The van der Waals surface area contributed by atoms with Gasteiger partial charge in [0, 0.05) is 0 Å². The molecule has 0 aliphatic heterocycles. The molecule has 0 bridgehead atoms. The van der Waals surface area contributed by atoms with Gasteiger partial charge in [-0.15, -0.1) is 0 Å². The number of hydrogen-bond acceptors (Lipinski definition) is 7. The Morgan fingerprint density at radius 2 is 1.06 bits per heavy atom. The molecule has 0 spiro atoms. The zero-order valence-electron chi connectivity index (χ0n) is 20.0. The Hall–Kier alpha value is -4.40. The van der Waals surface area contributed by atoms with Gasteiger partial charge in [-0.05, 0) is 99.5 Å². The number of ether oxygens (including phenoxy) is 2. The average Bonchev–Trinajstić information content (AvgIpc) is 3.31. The van der Waals surface area contributed by atoms with Crippen LogP contribution in [0.5, 0.6) is 11.5 Å². The molecule has 9 nitrogen and oxygen atoms in total. The van der Waals surface area contributed by atoms with Gasteiger partial charge >= 0.3 is 11.8 Å². The van der Waals surface area contributed by atoms with Gasteiger partial charge in [-0.2, -0.15) is 10.2 Å². The summed E-state index contributed by atoms with van der Waals surface area (Å²) in [6, 6.07) is 17.3. The fourth-order valence-corrected chi connectivity index (χ4v) is 2.83. The van der Waals surface area contributed by atoms with E-state index in [0.29, 0.717) is 0 Å². The molecular formula is C26H28N4O5. The van der Waals surface area contributed by atoms with E-state index in [4.69, 9.17) is 13.9 Å². The number of benzene rings is 2. The van der Waals surface area contributed by atoms with Gasteiger partial charge in [0.1, 0.15) is 11.5 Å². The van der Waals surface area contributed by atoms with Crippen molar-refractivity contribution in [3.8, 4) is 11.5 Å². The Bertz CT molecular complexity index is 1090. The van der Waals surface area contributed by atoms with E-state index in [1.807, 2.05) is 76.2 Å². The molecule has 9 heteroatoms. The number of hydrogen-bond donors (Lipinski definition) is 2. The number of rotatable bonds is 10. The first-order chi connectivity index (χ1) is 16.8. The van der Waals surface area contributed by atoms with Crippen molar-refractivity contribution in [1.82, 2.24) is 10.9 Å². The smallest absolute Gasteiger partial charge is 0.307 e. The van der Waals surface area contributed by atoms with Crippen LogP contribution in [0, 0.1) is 0 Å². The average molecular weight is 477 g/mol. The van der Waals surface area contributed by atoms with Gasteiger partial charge in [-0.1, -0.05) is 0 Å². The van der Waals surface area contributed by atoms with Crippen molar-refractivity contribution in [1.29, 1.82) is 0 Å². The quantitative estimate of drug-likeness (QED) is 0.333. The van der Waals surface area contributed by atoms with Crippen molar-refractivity contribution >= 4 is 24.2 Å². The summed E-state index contributed by atoms with van der Waals surface area (Å²) in [7, 11) is 0. The van der Waals surface area contributed by atoms with Crippen molar-refractivity contribution in [2.45, 2.75) is 39.9 Å². The first kappa shape index (κ1) is 25.2. The lowest BCUT2D eigenvalue weighted by atomic mass is 10.2. The Balaban J connectivity index is 1.48. The summed E-state index contributed by atoms with van der Waals surface area (Å²) in [5.41, 5.74) is 6.28. The molecule has 2 amide bonds. The van der Waals surface area contributed by atoms with Crippen molar-refractivity contribution in [2.75, 3.05) is 0 Å². The second-order valence-corrected chi connectivity index (χ2v) is 8.03. The molecule has 0 atom stereocenters. The molecule has 0 saturated carbocycles. The molecule has 182 valence electrons. The van der Waals surface area contributed by atoms with E-state index in [1.54, 1.807) is 0 Å². The molecule has 1 aromatic heterocycles. The molecule has 3 rings (SSSR count). The van der Waals surface area contributed by atoms with Crippen LogP contribution >= 0.6 is 0 Å². The molecule has 2 N–H and O–H groups in total. The zero-order valence-corrected chi connectivity index (χ0v) is 20.0. The van der Waals surface area contributed by atoms with Crippen LogP contribution in [0.25, 0.3) is 0 Å². The molecular weight excluding hydrogens is 448 g/mol. The van der Waals surface area contributed by atoms with Gasteiger partial charge < -0.3 is 13.9 Å². The summed E-state index contributed by atoms with van der Waals surface area (Å²) >= 11 is 0. The summed E-state index contributed by atoms with van der Waals surface area (Å²) in [5.74, 6) is 0.206. The number of amides is 2. The van der Waals surface area contributed by atoms with Gasteiger partial charge in [0.2, 0.25) is 0 Å². The van der Waals surface area contributed by atoms with Crippen molar-refractivity contribution in [2.24, 2.45) is 10.2 Å². The third-order valence-electron chi connectivity index (χ3n) is 4.32. The highest BCUT2D eigenvalue weighted by molar-refractivity contribution is 5.96. The van der Waals surface area contributed by atoms with Gasteiger partial charge in [0.05, 0.1) is 24.6 Å². The number of nitrogens with one attached hydrogen (secondary N) is 2. The van der Waals surface area contributed by atoms with Crippen LogP contribution in [0.3, 0.4) is 0 Å². The monoisotopic (exact) mass is 476 g/mol. The Morgan fingerprint density at radius 3 is 1.40 bits per heavy atom. The zero-order chi connectivity index (χ0) is 25.2. The van der Waals surface area contributed by atoms with Crippen molar-refractivity contribution in [3.05, 3.63) is 83.3 Å². The first-order valence-electron chi connectivity index (χ1n) is 11.1. The van der Waals surface area contributed by atoms with E-state index >= 15 is 0 Å². The Labute approximate surface area is 203 Å². The number of furan rings is 1. The van der Waals surface area contributed by atoms with E-state index in [0.717, 1.165) is 22.6 Å². The van der Waals surface area contributed by atoms with Crippen LogP contribution in [0.4, 0.5) is 0 Å². The highest BCUT2D eigenvalue weighted by Crippen LogP contribution is 2.14. The predicted molar refractivity (Wildman–Crippen MR) is 133 cm³/mol.